The molecular formula is C16H21NO5. The number of fused-ring (bicyclic) bond motifs is 1. The first-order valence-corrected chi connectivity index (χ1v) is 7.28. The van der Waals surface area contributed by atoms with Crippen LogP contribution in [0, 0.1) is 0 Å². The fourth-order valence-electron chi connectivity index (χ4n) is 2.14. The minimum absolute atomic E-state index is 0.221. The Morgan fingerprint density at radius 3 is 2.68 bits per heavy atom. The Hall–Kier alpha value is -2.05. The molecule has 6 heteroatoms. The highest BCUT2D eigenvalue weighted by Gasteiger charge is 2.09. The van der Waals surface area contributed by atoms with Crippen LogP contribution in [0.4, 0.5) is 0 Å². The van der Waals surface area contributed by atoms with E-state index in [4.69, 9.17) is 9.15 Å². The number of nitrogens with one attached hydrogen (secondary N) is 1. The molecule has 0 bridgehead atoms. The third-order valence-electron chi connectivity index (χ3n) is 3.19. The van der Waals surface area contributed by atoms with Crippen LogP contribution in [0.25, 0.3) is 11.0 Å². The minimum atomic E-state index is -0.488. The van der Waals surface area contributed by atoms with E-state index in [1.54, 1.807) is 0 Å². The van der Waals surface area contributed by atoms with E-state index in [-0.39, 0.29) is 23.2 Å². The first kappa shape index (κ1) is 16.3. The molecule has 0 aliphatic heterocycles. The Bertz CT molecular complexity index is 693. The second-order valence-electron chi connectivity index (χ2n) is 5.38. The van der Waals surface area contributed by atoms with Crippen LogP contribution in [0.3, 0.4) is 0 Å². The van der Waals surface area contributed by atoms with Crippen molar-refractivity contribution in [3.63, 3.8) is 0 Å². The van der Waals surface area contributed by atoms with Gasteiger partial charge in [0.25, 0.3) is 0 Å². The number of hydrogen-bond donors (Lipinski definition) is 3. The average molecular weight is 307 g/mol. The normalized spacial score (nSPS) is 11.4. The van der Waals surface area contributed by atoms with Crippen LogP contribution in [0.15, 0.2) is 27.4 Å². The zero-order valence-electron chi connectivity index (χ0n) is 12.8. The summed E-state index contributed by atoms with van der Waals surface area (Å²) in [7, 11) is 0. The fourth-order valence-corrected chi connectivity index (χ4v) is 2.14. The van der Waals surface area contributed by atoms with Crippen LogP contribution in [0.2, 0.25) is 0 Å². The molecule has 0 amide bonds. The lowest BCUT2D eigenvalue weighted by atomic mass is 10.1. The molecule has 6 nitrogen and oxygen atoms in total. The summed E-state index contributed by atoms with van der Waals surface area (Å²) in [4.78, 5) is 11.6. The van der Waals surface area contributed by atoms with Gasteiger partial charge < -0.3 is 24.7 Å². The Morgan fingerprint density at radius 1 is 1.23 bits per heavy atom. The minimum Gasteiger partial charge on any atom is -0.504 e. The van der Waals surface area contributed by atoms with Crippen molar-refractivity contribution in [1.29, 1.82) is 0 Å². The van der Waals surface area contributed by atoms with Crippen LogP contribution < -0.4 is 10.9 Å². The molecule has 2 rings (SSSR count). The number of phenolic OH excluding ortho intramolecular Hbond substituents is 2. The van der Waals surface area contributed by atoms with Crippen molar-refractivity contribution in [2.45, 2.75) is 32.9 Å². The molecule has 0 aliphatic rings. The molecule has 1 aromatic carbocycles. The van der Waals surface area contributed by atoms with E-state index in [1.807, 2.05) is 13.8 Å². The number of rotatable bonds is 7. The largest absolute Gasteiger partial charge is 0.504 e. The molecule has 0 aliphatic carbocycles. The predicted molar refractivity (Wildman–Crippen MR) is 83.2 cm³/mol. The van der Waals surface area contributed by atoms with Crippen molar-refractivity contribution in [2.24, 2.45) is 0 Å². The molecular weight excluding hydrogens is 286 g/mol. The molecule has 0 atom stereocenters. The highest BCUT2D eigenvalue weighted by molar-refractivity contribution is 5.83. The number of phenols is 2. The van der Waals surface area contributed by atoms with Gasteiger partial charge in [-0.3, -0.25) is 0 Å². The van der Waals surface area contributed by atoms with Crippen molar-refractivity contribution < 1.29 is 19.4 Å². The van der Waals surface area contributed by atoms with Gasteiger partial charge in [-0.15, -0.1) is 0 Å². The van der Waals surface area contributed by atoms with E-state index in [9.17, 15) is 15.0 Å². The highest BCUT2D eigenvalue weighted by atomic mass is 16.5. The van der Waals surface area contributed by atoms with Crippen LogP contribution >= 0.6 is 0 Å². The summed E-state index contributed by atoms with van der Waals surface area (Å²) in [5.74, 6) is -0.556. The smallest absolute Gasteiger partial charge is 0.336 e. The summed E-state index contributed by atoms with van der Waals surface area (Å²) in [6.07, 6.45) is 1.09. The van der Waals surface area contributed by atoms with E-state index in [0.29, 0.717) is 24.1 Å². The Balaban J connectivity index is 2.04. The van der Waals surface area contributed by atoms with E-state index in [1.165, 1.54) is 18.2 Å². The Morgan fingerprint density at radius 2 is 1.95 bits per heavy atom. The summed E-state index contributed by atoms with van der Waals surface area (Å²) in [5.41, 5.74) is 0.478. The third kappa shape index (κ3) is 4.22. The van der Waals surface area contributed by atoms with Gasteiger partial charge in [0.05, 0.1) is 6.10 Å². The number of hydrogen-bond acceptors (Lipinski definition) is 6. The third-order valence-corrected chi connectivity index (χ3v) is 3.19. The molecule has 2 aromatic rings. The van der Waals surface area contributed by atoms with E-state index in [2.05, 4.69) is 5.32 Å². The van der Waals surface area contributed by atoms with Crippen LogP contribution in [-0.4, -0.2) is 29.5 Å². The molecule has 1 aromatic heterocycles. The van der Waals surface area contributed by atoms with Gasteiger partial charge in [-0.25, -0.2) is 4.79 Å². The standard InChI is InChI=1S/C16H21NO5/c1-10(2)21-5-3-4-17-9-11-6-16(20)22-15-8-14(19)13(18)7-12(11)15/h6-8,10,17-19H,3-5,9H2,1-2H3. The van der Waals surface area contributed by atoms with Crippen molar-refractivity contribution in [1.82, 2.24) is 5.32 Å². The number of ether oxygens (including phenoxy) is 1. The lowest BCUT2D eigenvalue weighted by molar-refractivity contribution is 0.0770. The summed E-state index contributed by atoms with van der Waals surface area (Å²) < 4.78 is 10.5. The summed E-state index contributed by atoms with van der Waals surface area (Å²) in [6, 6.07) is 4.02. The van der Waals surface area contributed by atoms with Gasteiger partial charge in [0.15, 0.2) is 11.5 Å². The van der Waals surface area contributed by atoms with Crippen molar-refractivity contribution in [3.05, 3.63) is 34.2 Å². The lowest BCUT2D eigenvalue weighted by Gasteiger charge is -2.10. The molecule has 0 fully saturated rings. The molecule has 0 saturated heterocycles. The molecule has 0 radical (unpaired) electrons. The van der Waals surface area contributed by atoms with Crippen LogP contribution in [0.5, 0.6) is 11.5 Å². The SMILES string of the molecule is CC(C)OCCCNCc1cc(=O)oc2cc(O)c(O)cc12. The second kappa shape index (κ2) is 7.29. The molecule has 1 heterocycles. The van der Waals surface area contributed by atoms with Gasteiger partial charge in [-0.2, -0.15) is 0 Å². The van der Waals surface area contributed by atoms with Gasteiger partial charge in [-0.05, 0) is 38.4 Å². The molecule has 3 N–H and O–H groups in total. The Labute approximate surface area is 128 Å². The summed E-state index contributed by atoms with van der Waals surface area (Å²) in [5, 5.41) is 22.9. The molecule has 0 unspecified atom stereocenters. The van der Waals surface area contributed by atoms with Crippen LogP contribution in [0.1, 0.15) is 25.8 Å². The molecule has 0 saturated carbocycles. The van der Waals surface area contributed by atoms with Gasteiger partial charge >= 0.3 is 5.63 Å². The maximum Gasteiger partial charge on any atom is 0.336 e. The monoisotopic (exact) mass is 307 g/mol. The number of benzene rings is 1. The van der Waals surface area contributed by atoms with Gasteiger partial charge in [0, 0.05) is 30.7 Å². The van der Waals surface area contributed by atoms with E-state index in [0.717, 1.165) is 13.0 Å². The van der Waals surface area contributed by atoms with Crippen molar-refractivity contribution >= 4 is 11.0 Å². The summed E-state index contributed by atoms with van der Waals surface area (Å²) >= 11 is 0. The predicted octanol–water partition coefficient (Wildman–Crippen LogP) is 2.11. The highest BCUT2D eigenvalue weighted by Crippen LogP contribution is 2.31. The quantitative estimate of drug-likeness (QED) is 0.412. The topological polar surface area (TPSA) is 91.9 Å². The zero-order valence-corrected chi connectivity index (χ0v) is 12.8. The van der Waals surface area contributed by atoms with Gasteiger partial charge in [0.2, 0.25) is 0 Å². The van der Waals surface area contributed by atoms with Crippen molar-refractivity contribution in [2.75, 3.05) is 13.2 Å². The molecule has 120 valence electrons. The molecule has 0 spiro atoms. The maximum atomic E-state index is 11.6. The second-order valence-corrected chi connectivity index (χ2v) is 5.38. The van der Waals surface area contributed by atoms with E-state index < -0.39 is 5.63 Å². The Kier molecular flexibility index (Phi) is 5.41. The van der Waals surface area contributed by atoms with Gasteiger partial charge in [-0.1, -0.05) is 0 Å². The zero-order chi connectivity index (χ0) is 16.1. The average Bonchev–Trinajstić information content (AvgIpc) is 2.44. The van der Waals surface area contributed by atoms with E-state index >= 15 is 0 Å². The van der Waals surface area contributed by atoms with Gasteiger partial charge in [0.1, 0.15) is 5.58 Å². The molecule has 22 heavy (non-hydrogen) atoms. The maximum absolute atomic E-state index is 11.6. The summed E-state index contributed by atoms with van der Waals surface area (Å²) in [6.45, 7) is 5.87. The number of aromatic hydroxyl groups is 2. The fraction of sp³-hybridized carbons (Fsp3) is 0.438. The lowest BCUT2D eigenvalue weighted by Crippen LogP contribution is -2.18. The van der Waals surface area contributed by atoms with Crippen LogP contribution in [-0.2, 0) is 11.3 Å². The first-order valence-electron chi connectivity index (χ1n) is 7.28. The van der Waals surface area contributed by atoms with Crippen molar-refractivity contribution in [3.8, 4) is 11.5 Å². The first-order chi connectivity index (χ1) is 10.5.